The zero-order valence-electron chi connectivity index (χ0n) is 13.8. The number of halogens is 3. The van der Waals surface area contributed by atoms with Crippen LogP contribution >= 0.6 is 0 Å². The van der Waals surface area contributed by atoms with E-state index in [2.05, 4.69) is 28.9 Å². The number of rotatable bonds is 3. The van der Waals surface area contributed by atoms with Gasteiger partial charge in [0.1, 0.15) is 25.2 Å². The van der Waals surface area contributed by atoms with Gasteiger partial charge in [-0.05, 0) is 12.0 Å². The Bertz CT molecular complexity index is 845. The van der Waals surface area contributed by atoms with Crippen LogP contribution in [0.1, 0.15) is 19.8 Å². The molecule has 0 saturated carbocycles. The number of carboxylic acids is 1. The van der Waals surface area contributed by atoms with Crippen LogP contribution in [-0.4, -0.2) is 43.6 Å². The molecule has 136 valence electrons. The minimum atomic E-state index is -5.19. The summed E-state index contributed by atoms with van der Waals surface area (Å²) < 4.78 is 33.8. The van der Waals surface area contributed by atoms with Gasteiger partial charge >= 0.3 is 6.18 Å². The van der Waals surface area contributed by atoms with Gasteiger partial charge in [0.15, 0.2) is 5.75 Å². The summed E-state index contributed by atoms with van der Waals surface area (Å²) in [6, 6.07) is 2.04. The van der Waals surface area contributed by atoms with E-state index in [1.54, 1.807) is 0 Å². The third-order valence-corrected chi connectivity index (χ3v) is 3.85. The number of nitrogens with one attached hydrogen (secondary N) is 1. The highest BCUT2D eigenvalue weighted by Gasteiger charge is 2.28. The minimum absolute atomic E-state index is 0.281. The lowest BCUT2D eigenvalue weighted by atomic mass is 10.1. The lowest BCUT2D eigenvalue weighted by Crippen LogP contribution is -2.43. The number of hydrogen-bond donors (Lipinski definition) is 2. The molecule has 25 heavy (non-hydrogen) atoms. The maximum atomic E-state index is 10.5. The maximum absolute atomic E-state index is 10.5. The quantitative estimate of drug-likeness (QED) is 0.584. The van der Waals surface area contributed by atoms with Crippen LogP contribution in [0, 0.1) is 0 Å². The summed E-state index contributed by atoms with van der Waals surface area (Å²) in [7, 11) is 2.09. The van der Waals surface area contributed by atoms with Crippen LogP contribution in [-0.2, 0) is 4.79 Å². The van der Waals surface area contributed by atoms with Gasteiger partial charge in [0.25, 0.3) is 0 Å². The maximum Gasteiger partial charge on any atom is 0.430 e. The number of carboxylic acid groups (broad SMARTS) is 1. The van der Waals surface area contributed by atoms with Gasteiger partial charge in [-0.1, -0.05) is 6.92 Å². The molecule has 0 amide bonds. The van der Waals surface area contributed by atoms with E-state index in [9.17, 15) is 18.3 Å². The summed E-state index contributed by atoms with van der Waals surface area (Å²) in [5, 5.41) is 24.6. The van der Waals surface area contributed by atoms with E-state index in [4.69, 9.17) is 9.90 Å². The topological polar surface area (TPSA) is 87.8 Å². The number of alkyl halides is 3. The van der Waals surface area contributed by atoms with E-state index in [1.807, 2.05) is 12.3 Å². The van der Waals surface area contributed by atoms with Crippen molar-refractivity contribution in [3.05, 3.63) is 16.6 Å². The Balaban J connectivity index is 0.000000277. The van der Waals surface area contributed by atoms with Crippen molar-refractivity contribution in [3.63, 3.8) is 0 Å². The fourth-order valence-corrected chi connectivity index (χ4v) is 2.59. The molecule has 2 N–H and O–H groups in total. The summed E-state index contributed by atoms with van der Waals surface area (Å²) in [6.45, 7) is 3.97. The fourth-order valence-electron chi connectivity index (χ4n) is 2.59. The van der Waals surface area contributed by atoms with Gasteiger partial charge in [0.05, 0.1) is 10.9 Å². The van der Waals surface area contributed by atoms with Gasteiger partial charge in [-0.25, -0.2) is 4.58 Å². The molecule has 2 heterocycles. The number of phenolic OH excluding ortho intramolecular Hbond substituents is 1. The Hall–Kier alpha value is -2.58. The minimum Gasteiger partial charge on any atom is -0.542 e. The van der Waals surface area contributed by atoms with Crippen molar-refractivity contribution in [1.82, 2.24) is 4.58 Å². The van der Waals surface area contributed by atoms with Crippen LogP contribution in [0.5, 0.6) is 5.75 Å². The lowest BCUT2D eigenvalue weighted by molar-refractivity contribution is -0.344. The molecule has 0 aliphatic carbocycles. The number of aliphatic carboxylic acids is 1. The summed E-state index contributed by atoms with van der Waals surface area (Å²) in [4.78, 5) is 13.2. The van der Waals surface area contributed by atoms with Gasteiger partial charge in [-0.3, -0.25) is 4.99 Å². The first kappa shape index (κ1) is 18.8. The predicted octanol–water partition coefficient (Wildman–Crippen LogP) is -0.0961. The third kappa shape index (κ3) is 3.92. The third-order valence-electron chi connectivity index (χ3n) is 3.85. The van der Waals surface area contributed by atoms with Crippen molar-refractivity contribution in [2.24, 2.45) is 4.99 Å². The van der Waals surface area contributed by atoms with Crippen LogP contribution < -0.4 is 25.6 Å². The SMILES string of the molecule is CCCNc1cc2c3c(c1O)N=CC=3CC[N+]=2C.O=C([O-])C(F)(F)F. The van der Waals surface area contributed by atoms with Crippen molar-refractivity contribution >= 4 is 29.1 Å². The number of hydrogen-bond acceptors (Lipinski definition) is 5. The molecule has 0 saturated heterocycles. The first-order chi connectivity index (χ1) is 11.7. The molecule has 0 radical (unpaired) electrons. The number of aromatic hydroxyl groups is 1. The smallest absolute Gasteiger partial charge is 0.430 e. The number of carbonyl (C=O) groups excluding carboxylic acids is 1. The van der Waals surface area contributed by atoms with E-state index < -0.39 is 12.1 Å². The Morgan fingerprint density at radius 1 is 1.48 bits per heavy atom. The summed E-state index contributed by atoms with van der Waals surface area (Å²) >= 11 is 0. The highest BCUT2D eigenvalue weighted by molar-refractivity contribution is 6.08. The molecule has 2 aliphatic heterocycles. The summed E-state index contributed by atoms with van der Waals surface area (Å²) in [5.74, 6) is -2.73. The molecule has 2 aliphatic rings. The summed E-state index contributed by atoms with van der Waals surface area (Å²) in [5.41, 5.74) is 2.76. The fraction of sp³-hybridized carbons (Fsp3) is 0.438. The van der Waals surface area contributed by atoms with Crippen molar-refractivity contribution in [2.75, 3.05) is 25.5 Å². The molecular weight excluding hydrogens is 339 g/mol. The molecule has 0 spiro atoms. The van der Waals surface area contributed by atoms with Crippen LogP contribution in [0.25, 0.3) is 5.57 Å². The van der Waals surface area contributed by atoms with Crippen LogP contribution in [0.4, 0.5) is 24.5 Å². The molecule has 0 unspecified atom stereocenters. The predicted molar refractivity (Wildman–Crippen MR) is 85.4 cm³/mol. The van der Waals surface area contributed by atoms with E-state index in [-0.39, 0.29) is 5.75 Å². The molecule has 1 aromatic carbocycles. The molecule has 6 nitrogen and oxygen atoms in total. The average molecular weight is 357 g/mol. The second-order valence-electron chi connectivity index (χ2n) is 5.68. The average Bonchev–Trinajstić information content (AvgIpc) is 2.96. The van der Waals surface area contributed by atoms with E-state index in [0.29, 0.717) is 0 Å². The van der Waals surface area contributed by atoms with E-state index in [0.717, 1.165) is 42.5 Å². The number of carbonyl (C=O) groups is 1. The zero-order valence-corrected chi connectivity index (χ0v) is 13.8. The van der Waals surface area contributed by atoms with E-state index >= 15 is 0 Å². The van der Waals surface area contributed by atoms with Crippen LogP contribution in [0.3, 0.4) is 0 Å². The Kier molecular flexibility index (Phi) is 5.34. The van der Waals surface area contributed by atoms with Crippen LogP contribution in [0.2, 0.25) is 0 Å². The second-order valence-corrected chi connectivity index (χ2v) is 5.68. The Morgan fingerprint density at radius 3 is 2.68 bits per heavy atom. The lowest BCUT2D eigenvalue weighted by Gasteiger charge is -2.10. The van der Waals surface area contributed by atoms with Gasteiger partial charge in [-0.15, -0.1) is 0 Å². The molecule has 1 aromatic rings. The second kappa shape index (κ2) is 7.12. The molecule has 0 aromatic heterocycles. The molecule has 3 rings (SSSR count). The van der Waals surface area contributed by atoms with Crippen molar-refractivity contribution in [1.29, 1.82) is 0 Å². The van der Waals surface area contributed by atoms with Gasteiger partial charge in [0, 0.05) is 25.2 Å². The van der Waals surface area contributed by atoms with Crippen molar-refractivity contribution in [3.8, 4) is 5.75 Å². The summed E-state index contributed by atoms with van der Waals surface area (Å²) in [6.07, 6.45) is -1.27. The highest BCUT2D eigenvalue weighted by Crippen LogP contribution is 2.32. The normalized spacial score (nSPS) is 14.8. The molecule has 9 heteroatoms. The molecule has 0 fully saturated rings. The van der Waals surface area contributed by atoms with Gasteiger partial charge in [-0.2, -0.15) is 13.2 Å². The first-order valence-corrected chi connectivity index (χ1v) is 7.70. The molecule has 0 bridgehead atoms. The number of nitrogens with zero attached hydrogens (tertiary/aromatic N) is 2. The van der Waals surface area contributed by atoms with Crippen molar-refractivity contribution < 1.29 is 28.2 Å². The van der Waals surface area contributed by atoms with Gasteiger partial charge < -0.3 is 20.3 Å². The Labute approximate surface area is 141 Å². The van der Waals surface area contributed by atoms with Crippen LogP contribution in [0.15, 0.2) is 11.1 Å². The number of aliphatic imine (C=N–C) groups is 1. The monoisotopic (exact) mass is 357 g/mol. The number of phenols is 1. The standard InChI is InChI=1S/C14H17N3O.C2HF3O2/c1-3-5-15-10-7-11-12-9(4-6-17(11)2)8-16-13(12)14(10)18;3-2(4,5)1(6)7/h7-8H,3-6H2,1-2H3,(H,15,16,18);(H,6,7). The Morgan fingerprint density at radius 2 is 2.12 bits per heavy atom. The number of benzene rings is 1. The molecular formula is C16H18F3N3O3. The number of anilines is 1. The van der Waals surface area contributed by atoms with Crippen molar-refractivity contribution in [2.45, 2.75) is 25.9 Å². The first-order valence-electron chi connectivity index (χ1n) is 7.70. The zero-order chi connectivity index (χ0) is 18.8. The molecule has 0 atom stereocenters. The van der Waals surface area contributed by atoms with Gasteiger partial charge in [0.2, 0.25) is 5.36 Å². The largest absolute Gasteiger partial charge is 0.542 e. The van der Waals surface area contributed by atoms with E-state index in [1.165, 1.54) is 10.9 Å². The highest BCUT2D eigenvalue weighted by atomic mass is 19.4.